The van der Waals surface area contributed by atoms with E-state index in [9.17, 15) is 24.6 Å². The highest BCUT2D eigenvalue weighted by Gasteiger charge is 2.38. The average Bonchev–Trinajstić information content (AvgIpc) is 3.03. The van der Waals surface area contributed by atoms with Gasteiger partial charge in [-0.25, -0.2) is 4.79 Å². The molecule has 272 valence electrons. The van der Waals surface area contributed by atoms with Gasteiger partial charge in [0.25, 0.3) is 0 Å². The maximum atomic E-state index is 13.5. The number of methoxy groups -OCH3 is 2. The van der Waals surface area contributed by atoms with E-state index < -0.39 is 48.3 Å². The molecule has 0 radical (unpaired) electrons. The summed E-state index contributed by atoms with van der Waals surface area (Å²) in [6.45, 7) is 18.8. The minimum Gasteiger partial charge on any atom is -0.490 e. The molecule has 0 unspecified atom stereocenters. The minimum absolute atomic E-state index is 0.0121. The number of aliphatic hydroxyl groups excluding tert-OH is 2. The van der Waals surface area contributed by atoms with Crippen molar-refractivity contribution in [2.75, 3.05) is 14.2 Å². The van der Waals surface area contributed by atoms with Gasteiger partial charge in [-0.05, 0) is 50.7 Å². The highest BCUT2D eigenvalue weighted by atomic mass is 16.6. The van der Waals surface area contributed by atoms with Crippen LogP contribution in [0, 0.1) is 35.5 Å². The highest BCUT2D eigenvalue weighted by molar-refractivity contribution is 5.92. The van der Waals surface area contributed by atoms with Gasteiger partial charge < -0.3 is 29.2 Å². The van der Waals surface area contributed by atoms with Gasteiger partial charge in [0, 0.05) is 37.2 Å². The minimum atomic E-state index is -1.20. The number of aliphatic hydroxyl groups is 2. The standard InChI is InChI=1S/C39H62O9/c1-13-15-34(41)47-37(23(2)3)26(6)18-19-31(40)29(9)36(43)30(10)38-32(45-11)17-14-16-24(4)20-27(7)35(42)28(8)21-25(5)22-33(46-12)39(44)48-38/h14,16-19,21-23,26-30,32,35-38,42-43H,13,15,20H2,1-12H3/b17-14?,19-18+,24-16?,25-21?,33-22?/t26-,27+,28+,29+,30-,32-,35-,36-,37+,38+/m0/s1. The molecule has 0 aliphatic carbocycles. The molecular weight excluding hydrogens is 612 g/mol. The lowest BCUT2D eigenvalue weighted by atomic mass is 9.84. The van der Waals surface area contributed by atoms with Crippen molar-refractivity contribution in [2.24, 2.45) is 35.5 Å². The average molecular weight is 675 g/mol. The summed E-state index contributed by atoms with van der Waals surface area (Å²) in [7, 11) is 2.86. The second-order valence-electron chi connectivity index (χ2n) is 13.8. The van der Waals surface area contributed by atoms with E-state index in [2.05, 4.69) is 0 Å². The van der Waals surface area contributed by atoms with E-state index in [4.69, 9.17) is 18.9 Å². The predicted octanol–water partition coefficient (Wildman–Crippen LogP) is 6.69. The molecule has 10 atom stereocenters. The molecule has 0 aromatic carbocycles. The third-order valence-electron chi connectivity index (χ3n) is 9.07. The number of ketones is 1. The quantitative estimate of drug-likeness (QED) is 0.162. The lowest BCUT2D eigenvalue weighted by Gasteiger charge is -2.33. The van der Waals surface area contributed by atoms with E-state index in [1.54, 1.807) is 32.1 Å². The van der Waals surface area contributed by atoms with E-state index >= 15 is 0 Å². The Hall–Kier alpha value is -3.01. The molecule has 0 saturated carbocycles. The molecule has 9 heteroatoms. The van der Waals surface area contributed by atoms with Crippen molar-refractivity contribution in [3.63, 3.8) is 0 Å². The molecule has 1 heterocycles. The summed E-state index contributed by atoms with van der Waals surface area (Å²) >= 11 is 0. The van der Waals surface area contributed by atoms with Gasteiger partial charge in [-0.1, -0.05) is 96.9 Å². The van der Waals surface area contributed by atoms with Gasteiger partial charge in [0.15, 0.2) is 5.78 Å². The summed E-state index contributed by atoms with van der Waals surface area (Å²) in [5.41, 5.74) is 1.77. The number of carbonyl (C=O) groups is 3. The number of carbonyl (C=O) groups excluding carboxylic acids is 3. The molecule has 0 amide bonds. The first-order valence-corrected chi connectivity index (χ1v) is 17.3. The van der Waals surface area contributed by atoms with Gasteiger partial charge in [0.1, 0.15) is 18.3 Å². The van der Waals surface area contributed by atoms with Crippen LogP contribution in [0.15, 0.2) is 59.4 Å². The van der Waals surface area contributed by atoms with Gasteiger partial charge in [0.2, 0.25) is 5.76 Å². The van der Waals surface area contributed by atoms with Crippen molar-refractivity contribution in [3.8, 4) is 0 Å². The van der Waals surface area contributed by atoms with Crippen LogP contribution in [-0.2, 0) is 33.3 Å². The summed E-state index contributed by atoms with van der Waals surface area (Å²) in [6.07, 6.45) is 9.85. The normalized spacial score (nSPS) is 26.4. The summed E-state index contributed by atoms with van der Waals surface area (Å²) < 4.78 is 22.8. The molecule has 1 aliphatic heterocycles. The number of rotatable bonds is 13. The van der Waals surface area contributed by atoms with Crippen molar-refractivity contribution in [1.82, 2.24) is 0 Å². The molecule has 0 spiro atoms. The second kappa shape index (κ2) is 21.2. The number of allylic oxidation sites excluding steroid dienone is 6. The molecule has 0 bridgehead atoms. The van der Waals surface area contributed by atoms with Crippen molar-refractivity contribution in [3.05, 3.63) is 59.4 Å². The van der Waals surface area contributed by atoms with Crippen LogP contribution in [0.1, 0.15) is 88.5 Å². The number of hydrogen-bond acceptors (Lipinski definition) is 9. The van der Waals surface area contributed by atoms with E-state index in [0.717, 1.165) is 11.1 Å². The van der Waals surface area contributed by atoms with Gasteiger partial charge in [-0.2, -0.15) is 0 Å². The fourth-order valence-electron chi connectivity index (χ4n) is 6.08. The molecule has 48 heavy (non-hydrogen) atoms. The van der Waals surface area contributed by atoms with Crippen molar-refractivity contribution >= 4 is 17.7 Å². The first-order chi connectivity index (χ1) is 22.5. The molecule has 0 saturated heterocycles. The Morgan fingerprint density at radius 2 is 1.75 bits per heavy atom. The van der Waals surface area contributed by atoms with E-state index in [1.807, 2.05) is 73.6 Å². The highest BCUT2D eigenvalue weighted by Crippen LogP contribution is 2.27. The van der Waals surface area contributed by atoms with Crippen molar-refractivity contribution in [2.45, 2.75) is 119 Å². The molecule has 2 N–H and O–H groups in total. The Labute approximate surface area is 289 Å². The Balaban J connectivity index is 3.41. The number of esters is 2. The van der Waals surface area contributed by atoms with Gasteiger partial charge in [0.05, 0.1) is 19.3 Å². The van der Waals surface area contributed by atoms with Crippen LogP contribution in [0.2, 0.25) is 0 Å². The first kappa shape index (κ1) is 43.0. The second-order valence-corrected chi connectivity index (χ2v) is 13.8. The molecule has 0 fully saturated rings. The van der Waals surface area contributed by atoms with Crippen LogP contribution in [-0.4, -0.2) is 72.7 Å². The van der Waals surface area contributed by atoms with Crippen LogP contribution < -0.4 is 0 Å². The Morgan fingerprint density at radius 3 is 2.31 bits per heavy atom. The molecule has 0 aromatic heterocycles. The van der Waals surface area contributed by atoms with Crippen LogP contribution >= 0.6 is 0 Å². The molecule has 1 aliphatic rings. The molecule has 9 nitrogen and oxygen atoms in total. The SMILES string of the molecule is CCCC(=O)O[C@H](C(C)C)[C@@H](C)/C=C/C(=O)[C@@H](C)[C@H](O)[C@H](C)[C@H]1OC(=O)C(OC)=CC(C)=C[C@@H](C)[C@@H](O)[C@H](C)CC(C)=CC=C[C@@H]1OC. The maximum Gasteiger partial charge on any atom is 0.373 e. The maximum absolute atomic E-state index is 13.5. The Morgan fingerprint density at radius 1 is 1.10 bits per heavy atom. The van der Waals surface area contributed by atoms with Crippen molar-refractivity contribution in [1.29, 1.82) is 0 Å². The van der Waals surface area contributed by atoms with Crippen LogP contribution in [0.5, 0.6) is 0 Å². The number of hydrogen-bond donors (Lipinski definition) is 2. The van der Waals surface area contributed by atoms with Crippen LogP contribution in [0.3, 0.4) is 0 Å². The Bertz CT molecular complexity index is 1190. The zero-order chi connectivity index (χ0) is 36.7. The third kappa shape index (κ3) is 13.5. The number of ether oxygens (including phenoxy) is 4. The fraction of sp³-hybridized carbons (Fsp3) is 0.667. The van der Waals surface area contributed by atoms with Gasteiger partial charge in [-0.3, -0.25) is 9.59 Å². The number of cyclic esters (lactones) is 1. The summed E-state index contributed by atoms with van der Waals surface area (Å²) in [5.74, 6) is -3.33. The summed E-state index contributed by atoms with van der Waals surface area (Å²) in [5, 5.41) is 22.4. The van der Waals surface area contributed by atoms with Gasteiger partial charge >= 0.3 is 11.9 Å². The molecule has 1 rings (SSSR count). The Kier molecular flexibility index (Phi) is 19.0. The third-order valence-corrected chi connectivity index (χ3v) is 9.07. The van der Waals surface area contributed by atoms with E-state index in [0.29, 0.717) is 19.3 Å². The van der Waals surface area contributed by atoms with Gasteiger partial charge in [-0.15, -0.1) is 0 Å². The zero-order valence-electron chi connectivity index (χ0n) is 31.3. The lowest BCUT2D eigenvalue weighted by Crippen LogP contribution is -2.45. The van der Waals surface area contributed by atoms with Crippen molar-refractivity contribution < 1.29 is 43.5 Å². The molecular formula is C39H62O9. The van der Waals surface area contributed by atoms with Crippen LogP contribution in [0.4, 0.5) is 0 Å². The van der Waals surface area contributed by atoms with E-state index in [1.165, 1.54) is 20.3 Å². The van der Waals surface area contributed by atoms with Crippen LogP contribution in [0.25, 0.3) is 0 Å². The smallest absolute Gasteiger partial charge is 0.373 e. The lowest BCUT2D eigenvalue weighted by molar-refractivity contribution is -0.162. The first-order valence-electron chi connectivity index (χ1n) is 17.3. The largest absolute Gasteiger partial charge is 0.490 e. The summed E-state index contributed by atoms with van der Waals surface area (Å²) in [4.78, 5) is 39.0. The zero-order valence-corrected chi connectivity index (χ0v) is 31.3. The topological polar surface area (TPSA) is 129 Å². The molecule has 0 aromatic rings. The monoisotopic (exact) mass is 674 g/mol. The summed E-state index contributed by atoms with van der Waals surface area (Å²) in [6, 6.07) is 0. The fourth-order valence-corrected chi connectivity index (χ4v) is 6.08. The van der Waals surface area contributed by atoms with E-state index in [-0.39, 0.29) is 41.2 Å². The predicted molar refractivity (Wildman–Crippen MR) is 189 cm³/mol.